The molecule has 0 aliphatic carbocycles. The zero-order valence-electron chi connectivity index (χ0n) is 11.2. The predicted molar refractivity (Wildman–Crippen MR) is 65.8 cm³/mol. The van der Waals surface area contributed by atoms with Crippen LogP contribution >= 0.6 is 0 Å². The molecule has 1 amide bonds. The normalized spacial score (nSPS) is 17.1. The van der Waals surface area contributed by atoms with E-state index in [1.165, 1.54) is 0 Å². The molecule has 0 aromatic carbocycles. The van der Waals surface area contributed by atoms with E-state index in [9.17, 15) is 9.59 Å². The Bertz CT molecular complexity index is 517. The van der Waals surface area contributed by atoms with Crippen LogP contribution in [0.1, 0.15) is 23.1 Å². The second kappa shape index (κ2) is 4.65. The third kappa shape index (κ3) is 2.76. The summed E-state index contributed by atoms with van der Waals surface area (Å²) in [6, 6.07) is 1.73. The van der Waals surface area contributed by atoms with Crippen molar-refractivity contribution >= 4 is 11.9 Å². The molecule has 7 nitrogen and oxygen atoms in total. The minimum absolute atomic E-state index is 0.112. The Balaban J connectivity index is 1.95. The largest absolute Gasteiger partial charge is 0.480 e. The molecule has 0 radical (unpaired) electrons. The Morgan fingerprint density at radius 3 is 2.63 bits per heavy atom. The van der Waals surface area contributed by atoms with Gasteiger partial charge in [0.15, 0.2) is 0 Å². The lowest BCUT2D eigenvalue weighted by molar-refractivity contribution is -0.160. The van der Waals surface area contributed by atoms with Crippen LogP contribution in [0.2, 0.25) is 0 Å². The number of amides is 1. The van der Waals surface area contributed by atoms with Gasteiger partial charge in [0.1, 0.15) is 17.9 Å². The van der Waals surface area contributed by atoms with Crippen LogP contribution in [-0.4, -0.2) is 57.0 Å². The summed E-state index contributed by atoms with van der Waals surface area (Å²) in [5.41, 5.74) is 0.746. The molecule has 0 saturated carbocycles. The van der Waals surface area contributed by atoms with E-state index in [4.69, 9.17) is 9.84 Å². The van der Waals surface area contributed by atoms with Crippen molar-refractivity contribution in [1.29, 1.82) is 0 Å². The number of likely N-dealkylation sites (tertiary alicyclic amines) is 1. The van der Waals surface area contributed by atoms with E-state index in [2.05, 4.69) is 5.10 Å². The fraction of sp³-hybridized carbons (Fsp3) is 0.583. The Morgan fingerprint density at radius 2 is 2.16 bits per heavy atom. The summed E-state index contributed by atoms with van der Waals surface area (Å²) in [4.78, 5) is 24.3. The third-order valence-electron chi connectivity index (χ3n) is 3.10. The zero-order valence-corrected chi connectivity index (χ0v) is 11.2. The molecule has 1 aliphatic rings. The van der Waals surface area contributed by atoms with Crippen LogP contribution in [0, 0.1) is 6.92 Å². The highest BCUT2D eigenvalue weighted by Gasteiger charge is 2.43. The van der Waals surface area contributed by atoms with E-state index < -0.39 is 11.6 Å². The Labute approximate surface area is 110 Å². The molecular weight excluding hydrogens is 250 g/mol. The van der Waals surface area contributed by atoms with E-state index in [1.807, 2.05) is 6.92 Å². The first kappa shape index (κ1) is 13.5. The van der Waals surface area contributed by atoms with Crippen LogP contribution in [0.5, 0.6) is 0 Å². The summed E-state index contributed by atoms with van der Waals surface area (Å²) in [6.07, 6.45) is 0. The smallest absolute Gasteiger partial charge is 0.329 e. The maximum Gasteiger partial charge on any atom is 0.329 e. The van der Waals surface area contributed by atoms with Crippen molar-refractivity contribution in [2.75, 3.05) is 19.7 Å². The van der Waals surface area contributed by atoms with Crippen LogP contribution in [-0.2, 0) is 16.6 Å². The van der Waals surface area contributed by atoms with Gasteiger partial charge < -0.3 is 14.7 Å². The molecule has 1 fully saturated rings. The molecule has 1 N–H and O–H groups in total. The van der Waals surface area contributed by atoms with Crippen LogP contribution in [0.15, 0.2) is 6.07 Å². The number of hydrogen-bond acceptors (Lipinski definition) is 4. The number of ether oxygens (including phenoxy) is 1. The van der Waals surface area contributed by atoms with Gasteiger partial charge in [-0.2, -0.15) is 5.10 Å². The molecule has 1 aromatic rings. The topological polar surface area (TPSA) is 84.7 Å². The van der Waals surface area contributed by atoms with E-state index >= 15 is 0 Å². The Hall–Kier alpha value is -1.89. The van der Waals surface area contributed by atoms with Gasteiger partial charge in [-0.25, -0.2) is 4.79 Å². The molecule has 0 unspecified atom stereocenters. The van der Waals surface area contributed by atoms with Gasteiger partial charge in [-0.05, 0) is 19.9 Å². The molecule has 19 heavy (non-hydrogen) atoms. The molecule has 1 aliphatic heterocycles. The van der Waals surface area contributed by atoms with Crippen molar-refractivity contribution < 1.29 is 19.4 Å². The van der Waals surface area contributed by atoms with Gasteiger partial charge in [0.25, 0.3) is 5.91 Å². The lowest BCUT2D eigenvalue weighted by Gasteiger charge is -2.47. The molecule has 1 saturated heterocycles. The van der Waals surface area contributed by atoms with Gasteiger partial charge in [0.2, 0.25) is 0 Å². The SMILES string of the molecule is Cc1cc(C(=O)N2CC(C)(OCC(=O)O)C2)n(C)n1. The first-order valence-electron chi connectivity index (χ1n) is 5.96. The van der Waals surface area contributed by atoms with E-state index in [1.54, 1.807) is 29.6 Å². The maximum atomic E-state index is 12.2. The number of carboxylic acids is 1. The summed E-state index contributed by atoms with van der Waals surface area (Å²) in [7, 11) is 1.72. The highest BCUT2D eigenvalue weighted by molar-refractivity contribution is 5.93. The molecule has 2 heterocycles. The third-order valence-corrected chi connectivity index (χ3v) is 3.10. The average molecular weight is 267 g/mol. The highest BCUT2D eigenvalue weighted by Crippen LogP contribution is 2.26. The van der Waals surface area contributed by atoms with Crippen LogP contribution in [0.3, 0.4) is 0 Å². The standard InChI is InChI=1S/C12H17N3O4/c1-8-4-9(14(3)13-8)11(18)15-6-12(2,7-15)19-5-10(16)17/h4H,5-7H2,1-3H3,(H,16,17). The zero-order chi connectivity index (χ0) is 14.2. The summed E-state index contributed by atoms with van der Waals surface area (Å²) >= 11 is 0. The predicted octanol–water partition coefficient (Wildman–Crippen LogP) is 0.0442. The van der Waals surface area contributed by atoms with Gasteiger partial charge in [0, 0.05) is 7.05 Å². The number of aliphatic carboxylic acids is 1. The number of carbonyl (C=O) groups is 2. The van der Waals surface area contributed by atoms with Gasteiger partial charge in [-0.15, -0.1) is 0 Å². The first-order valence-corrected chi connectivity index (χ1v) is 5.96. The number of rotatable bonds is 4. The van der Waals surface area contributed by atoms with Crippen molar-refractivity contribution in [2.45, 2.75) is 19.4 Å². The second-order valence-corrected chi connectivity index (χ2v) is 5.09. The van der Waals surface area contributed by atoms with Gasteiger partial charge >= 0.3 is 5.97 Å². The van der Waals surface area contributed by atoms with Crippen molar-refractivity contribution in [2.24, 2.45) is 7.05 Å². The molecule has 0 bridgehead atoms. The lowest BCUT2D eigenvalue weighted by atomic mass is 9.96. The number of nitrogens with zero attached hydrogens (tertiary/aromatic N) is 3. The van der Waals surface area contributed by atoms with Crippen molar-refractivity contribution in [3.05, 3.63) is 17.5 Å². The van der Waals surface area contributed by atoms with Crippen molar-refractivity contribution in [3.63, 3.8) is 0 Å². The lowest BCUT2D eigenvalue weighted by Crippen LogP contribution is -2.63. The molecule has 0 spiro atoms. The number of aromatic nitrogens is 2. The quantitative estimate of drug-likeness (QED) is 0.833. The van der Waals surface area contributed by atoms with Gasteiger partial charge in [-0.3, -0.25) is 9.48 Å². The van der Waals surface area contributed by atoms with E-state index in [0.717, 1.165) is 5.69 Å². The number of aryl methyl sites for hydroxylation is 2. The number of carboxylic acid groups (broad SMARTS) is 1. The molecular formula is C12H17N3O4. The summed E-state index contributed by atoms with van der Waals surface area (Å²) < 4.78 is 6.81. The van der Waals surface area contributed by atoms with Crippen LogP contribution in [0.25, 0.3) is 0 Å². The monoisotopic (exact) mass is 267 g/mol. The summed E-state index contributed by atoms with van der Waals surface area (Å²) in [5.74, 6) is -1.12. The minimum atomic E-state index is -1.01. The highest BCUT2D eigenvalue weighted by atomic mass is 16.5. The van der Waals surface area contributed by atoms with Crippen LogP contribution in [0.4, 0.5) is 0 Å². The molecule has 0 atom stereocenters. The first-order chi connectivity index (χ1) is 8.81. The summed E-state index contributed by atoms with van der Waals surface area (Å²) in [6.45, 7) is 4.07. The molecule has 1 aromatic heterocycles. The minimum Gasteiger partial charge on any atom is -0.480 e. The van der Waals surface area contributed by atoms with Crippen LogP contribution < -0.4 is 0 Å². The fourth-order valence-electron chi connectivity index (χ4n) is 2.20. The maximum absolute atomic E-state index is 12.2. The number of carbonyl (C=O) groups excluding carboxylic acids is 1. The molecule has 104 valence electrons. The average Bonchev–Trinajstić information content (AvgIpc) is 2.61. The Morgan fingerprint density at radius 1 is 1.53 bits per heavy atom. The van der Waals surface area contributed by atoms with Crippen molar-refractivity contribution in [3.8, 4) is 0 Å². The van der Waals surface area contributed by atoms with Crippen molar-refractivity contribution in [1.82, 2.24) is 14.7 Å². The fourth-order valence-corrected chi connectivity index (χ4v) is 2.20. The van der Waals surface area contributed by atoms with Gasteiger partial charge in [-0.1, -0.05) is 0 Å². The van der Waals surface area contributed by atoms with E-state index in [-0.39, 0.29) is 12.5 Å². The molecule has 7 heteroatoms. The molecule has 2 rings (SSSR count). The van der Waals surface area contributed by atoms with Gasteiger partial charge in [0.05, 0.1) is 18.8 Å². The Kier molecular flexibility index (Phi) is 3.32. The summed E-state index contributed by atoms with van der Waals surface area (Å²) in [5, 5.41) is 12.7. The number of hydrogen-bond donors (Lipinski definition) is 1. The van der Waals surface area contributed by atoms with E-state index in [0.29, 0.717) is 18.8 Å². The second-order valence-electron chi connectivity index (χ2n) is 5.09.